The molecular formula is C11H22N2O2. The first-order chi connectivity index (χ1) is 7.22. The van der Waals surface area contributed by atoms with Gasteiger partial charge in [-0.1, -0.05) is 5.92 Å². The minimum atomic E-state index is -0.793. The van der Waals surface area contributed by atoms with Gasteiger partial charge in [0.15, 0.2) is 0 Å². The van der Waals surface area contributed by atoms with Gasteiger partial charge in [-0.05, 0) is 32.7 Å². The summed E-state index contributed by atoms with van der Waals surface area (Å²) in [5, 5.41) is 9.36. The van der Waals surface area contributed by atoms with Crippen LogP contribution >= 0.6 is 0 Å². The van der Waals surface area contributed by atoms with Crippen molar-refractivity contribution < 1.29 is 9.84 Å². The van der Waals surface area contributed by atoms with Crippen molar-refractivity contribution in [3.63, 3.8) is 0 Å². The van der Waals surface area contributed by atoms with Gasteiger partial charge in [-0.25, -0.2) is 0 Å². The van der Waals surface area contributed by atoms with Crippen molar-refractivity contribution in [1.82, 2.24) is 0 Å². The molecule has 0 saturated carbocycles. The maximum absolute atomic E-state index is 9.36. The van der Waals surface area contributed by atoms with Crippen molar-refractivity contribution >= 4 is 0 Å². The quantitative estimate of drug-likeness (QED) is 0.387. The molecule has 0 aromatic heterocycles. The SMILES string of the molecule is CC#CC(O)C(N)COCCCCCN. The van der Waals surface area contributed by atoms with Crippen LogP contribution in [0.25, 0.3) is 0 Å². The van der Waals surface area contributed by atoms with E-state index in [0.717, 1.165) is 25.8 Å². The van der Waals surface area contributed by atoms with Gasteiger partial charge in [0, 0.05) is 6.61 Å². The molecule has 0 aliphatic rings. The number of aliphatic hydroxyl groups is 1. The van der Waals surface area contributed by atoms with Gasteiger partial charge in [0.1, 0.15) is 6.10 Å². The van der Waals surface area contributed by atoms with Crippen molar-refractivity contribution in [3.05, 3.63) is 0 Å². The van der Waals surface area contributed by atoms with Gasteiger partial charge in [0.2, 0.25) is 0 Å². The molecule has 2 atom stereocenters. The lowest BCUT2D eigenvalue weighted by Crippen LogP contribution is -2.38. The third-order valence-corrected chi connectivity index (χ3v) is 2.00. The van der Waals surface area contributed by atoms with Crippen molar-refractivity contribution in [3.8, 4) is 11.8 Å². The summed E-state index contributed by atoms with van der Waals surface area (Å²) < 4.78 is 5.32. The van der Waals surface area contributed by atoms with Crippen molar-refractivity contribution in [2.75, 3.05) is 19.8 Å². The standard InChI is InChI=1S/C11H22N2O2/c1-2-6-11(14)10(13)9-15-8-5-3-4-7-12/h10-11,14H,3-5,7-9,12-13H2,1H3. The van der Waals surface area contributed by atoms with E-state index in [1.54, 1.807) is 6.92 Å². The molecule has 0 amide bonds. The van der Waals surface area contributed by atoms with Crippen LogP contribution in [0.2, 0.25) is 0 Å². The second-order valence-electron chi connectivity index (χ2n) is 3.43. The average molecular weight is 214 g/mol. The minimum absolute atomic E-state index is 0.346. The third kappa shape index (κ3) is 8.40. The second-order valence-corrected chi connectivity index (χ2v) is 3.43. The first-order valence-corrected chi connectivity index (χ1v) is 5.36. The number of unbranched alkanes of at least 4 members (excludes halogenated alkanes) is 2. The van der Waals surface area contributed by atoms with Crippen LogP contribution in [0, 0.1) is 11.8 Å². The highest BCUT2D eigenvalue weighted by molar-refractivity contribution is 5.05. The highest BCUT2D eigenvalue weighted by Gasteiger charge is 2.11. The molecule has 0 spiro atoms. The lowest BCUT2D eigenvalue weighted by atomic mass is 10.2. The Labute approximate surface area is 92.0 Å². The number of aliphatic hydroxyl groups excluding tert-OH is 1. The van der Waals surface area contributed by atoms with Crippen LogP contribution in [0.1, 0.15) is 26.2 Å². The van der Waals surface area contributed by atoms with E-state index in [1.165, 1.54) is 0 Å². The zero-order valence-electron chi connectivity index (χ0n) is 9.41. The first-order valence-electron chi connectivity index (χ1n) is 5.36. The summed E-state index contributed by atoms with van der Waals surface area (Å²) in [4.78, 5) is 0. The maximum atomic E-state index is 9.36. The maximum Gasteiger partial charge on any atom is 0.131 e. The first kappa shape index (κ1) is 14.4. The van der Waals surface area contributed by atoms with Crippen LogP contribution in [0.4, 0.5) is 0 Å². The van der Waals surface area contributed by atoms with E-state index in [9.17, 15) is 5.11 Å². The molecule has 0 aliphatic heterocycles. The summed E-state index contributed by atoms with van der Waals surface area (Å²) >= 11 is 0. The minimum Gasteiger partial charge on any atom is -0.380 e. The van der Waals surface area contributed by atoms with Gasteiger partial charge in [0.25, 0.3) is 0 Å². The van der Waals surface area contributed by atoms with Crippen LogP contribution in [0.15, 0.2) is 0 Å². The average Bonchev–Trinajstić information content (AvgIpc) is 2.23. The lowest BCUT2D eigenvalue weighted by molar-refractivity contribution is 0.0814. The van der Waals surface area contributed by atoms with Gasteiger partial charge >= 0.3 is 0 Å². The Morgan fingerprint density at radius 3 is 2.67 bits per heavy atom. The van der Waals surface area contributed by atoms with E-state index in [4.69, 9.17) is 16.2 Å². The highest BCUT2D eigenvalue weighted by Crippen LogP contribution is 1.96. The molecule has 2 unspecified atom stereocenters. The lowest BCUT2D eigenvalue weighted by Gasteiger charge is -2.14. The van der Waals surface area contributed by atoms with Crippen LogP contribution in [0.5, 0.6) is 0 Å². The van der Waals surface area contributed by atoms with Crippen LogP contribution in [-0.4, -0.2) is 37.0 Å². The fraction of sp³-hybridized carbons (Fsp3) is 0.818. The summed E-state index contributed by atoms with van der Waals surface area (Å²) in [6.07, 6.45) is 2.29. The molecule has 0 radical (unpaired) electrons. The fourth-order valence-electron chi connectivity index (χ4n) is 1.09. The predicted octanol–water partition coefficient (Wildman–Crippen LogP) is -0.156. The van der Waals surface area contributed by atoms with Gasteiger partial charge < -0.3 is 21.3 Å². The normalized spacial score (nSPS) is 14.1. The van der Waals surface area contributed by atoms with E-state index in [2.05, 4.69) is 11.8 Å². The van der Waals surface area contributed by atoms with E-state index in [1.807, 2.05) is 0 Å². The Kier molecular flexibility index (Phi) is 9.54. The second kappa shape index (κ2) is 9.94. The van der Waals surface area contributed by atoms with E-state index >= 15 is 0 Å². The molecular weight excluding hydrogens is 192 g/mol. The summed E-state index contributed by atoms with van der Waals surface area (Å²) in [5.41, 5.74) is 11.0. The molecule has 88 valence electrons. The zero-order valence-corrected chi connectivity index (χ0v) is 9.41. The molecule has 0 rings (SSSR count). The number of hydrogen-bond donors (Lipinski definition) is 3. The number of hydrogen-bond acceptors (Lipinski definition) is 4. The Bertz CT molecular complexity index is 198. The molecule has 0 heterocycles. The molecule has 0 aromatic rings. The monoisotopic (exact) mass is 214 g/mol. The number of nitrogens with two attached hydrogens (primary N) is 2. The molecule has 0 aromatic carbocycles. The molecule has 0 aliphatic carbocycles. The van der Waals surface area contributed by atoms with Gasteiger partial charge in [0.05, 0.1) is 12.6 Å². The van der Waals surface area contributed by atoms with E-state index in [0.29, 0.717) is 13.2 Å². The Balaban J connectivity index is 3.37. The highest BCUT2D eigenvalue weighted by atomic mass is 16.5. The molecule has 0 bridgehead atoms. The molecule has 0 fully saturated rings. The largest absolute Gasteiger partial charge is 0.380 e. The van der Waals surface area contributed by atoms with Crippen LogP contribution in [0.3, 0.4) is 0 Å². The summed E-state index contributed by atoms with van der Waals surface area (Å²) in [5.74, 6) is 5.21. The van der Waals surface area contributed by atoms with Gasteiger partial charge in [-0.15, -0.1) is 5.92 Å². The van der Waals surface area contributed by atoms with Crippen molar-refractivity contribution in [2.24, 2.45) is 11.5 Å². The Morgan fingerprint density at radius 2 is 2.07 bits per heavy atom. The van der Waals surface area contributed by atoms with Crippen molar-refractivity contribution in [1.29, 1.82) is 0 Å². The number of ether oxygens (including phenoxy) is 1. The summed E-state index contributed by atoms with van der Waals surface area (Å²) in [6.45, 7) is 3.41. The molecule has 15 heavy (non-hydrogen) atoms. The van der Waals surface area contributed by atoms with Crippen LogP contribution in [-0.2, 0) is 4.74 Å². The van der Waals surface area contributed by atoms with Gasteiger partial charge in [-0.3, -0.25) is 0 Å². The smallest absolute Gasteiger partial charge is 0.131 e. The summed E-state index contributed by atoms with van der Waals surface area (Å²) in [6, 6.07) is -0.424. The summed E-state index contributed by atoms with van der Waals surface area (Å²) in [7, 11) is 0. The molecule has 0 saturated heterocycles. The number of rotatable bonds is 8. The van der Waals surface area contributed by atoms with Crippen molar-refractivity contribution in [2.45, 2.75) is 38.3 Å². The Morgan fingerprint density at radius 1 is 1.33 bits per heavy atom. The molecule has 5 N–H and O–H groups in total. The molecule has 4 heteroatoms. The Hall–Kier alpha value is -0.600. The third-order valence-electron chi connectivity index (χ3n) is 2.00. The molecule has 4 nitrogen and oxygen atoms in total. The van der Waals surface area contributed by atoms with E-state index < -0.39 is 12.1 Å². The zero-order chi connectivity index (χ0) is 11.5. The van der Waals surface area contributed by atoms with Gasteiger partial charge in [-0.2, -0.15) is 0 Å². The van der Waals surface area contributed by atoms with Crippen LogP contribution < -0.4 is 11.5 Å². The topological polar surface area (TPSA) is 81.5 Å². The predicted molar refractivity (Wildman–Crippen MR) is 61.2 cm³/mol. The van der Waals surface area contributed by atoms with E-state index in [-0.39, 0.29) is 0 Å². The fourth-order valence-corrected chi connectivity index (χ4v) is 1.09.